The van der Waals surface area contributed by atoms with E-state index in [0.717, 1.165) is 11.1 Å². The summed E-state index contributed by atoms with van der Waals surface area (Å²) < 4.78 is 12.7. The normalized spacial score (nSPS) is 13.9. The van der Waals surface area contributed by atoms with Gasteiger partial charge in [-0.3, -0.25) is 0 Å². The summed E-state index contributed by atoms with van der Waals surface area (Å²) >= 11 is 0. The van der Waals surface area contributed by atoms with Crippen LogP contribution < -0.4 is 9.05 Å². The van der Waals surface area contributed by atoms with Crippen molar-refractivity contribution in [2.45, 2.75) is 78.3 Å². The molecular formula is C24H37O3P. The molecule has 0 aliphatic rings. The monoisotopic (exact) mass is 404 g/mol. The molecule has 0 bridgehead atoms. The van der Waals surface area contributed by atoms with E-state index in [1.54, 1.807) is 0 Å². The second-order valence-electron chi connectivity index (χ2n) is 10.5. The summed E-state index contributed by atoms with van der Waals surface area (Å²) in [5, 5.41) is -0.553. The Morgan fingerprint density at radius 2 is 0.929 bits per heavy atom. The van der Waals surface area contributed by atoms with Crippen molar-refractivity contribution in [1.82, 2.24) is 0 Å². The summed E-state index contributed by atoms with van der Waals surface area (Å²) in [4.78, 5) is 11.7. The zero-order valence-electron chi connectivity index (χ0n) is 18.9. The third kappa shape index (κ3) is 5.07. The third-order valence-electron chi connectivity index (χ3n) is 4.83. The molecule has 1 N–H and O–H groups in total. The van der Waals surface area contributed by atoms with E-state index < -0.39 is 13.1 Å². The van der Waals surface area contributed by atoms with Crippen molar-refractivity contribution in [3.05, 3.63) is 59.7 Å². The van der Waals surface area contributed by atoms with Crippen molar-refractivity contribution in [1.29, 1.82) is 0 Å². The summed E-state index contributed by atoms with van der Waals surface area (Å²) in [6.07, 6.45) is 0. The molecule has 156 valence electrons. The Kier molecular flexibility index (Phi) is 6.24. The minimum absolute atomic E-state index is 0.104. The number of rotatable bonds is 4. The van der Waals surface area contributed by atoms with Gasteiger partial charge >= 0.3 is 171 Å². The predicted octanol–water partition coefficient (Wildman–Crippen LogP) is 7.03. The standard InChI is InChI=1S/C24H37O3P/c1-22(2,3)18-14-10-12-16-20(18)26-28(25,24(7,8)9)27-21-17-13-11-15-19(21)23(4,5)6/h10-17,25,28H,1-9H3. The second kappa shape index (κ2) is 7.69. The molecule has 2 rings (SSSR count). The van der Waals surface area contributed by atoms with E-state index in [-0.39, 0.29) is 10.8 Å². The Bertz CT molecular complexity index is 748. The molecule has 0 aromatic heterocycles. The van der Waals surface area contributed by atoms with Gasteiger partial charge < -0.3 is 0 Å². The Morgan fingerprint density at radius 3 is 1.21 bits per heavy atom. The zero-order chi connectivity index (χ0) is 21.4. The molecule has 2 aromatic rings. The second-order valence-corrected chi connectivity index (χ2v) is 13.6. The molecule has 0 amide bonds. The van der Waals surface area contributed by atoms with Gasteiger partial charge in [-0.2, -0.15) is 0 Å². The van der Waals surface area contributed by atoms with Gasteiger partial charge in [0.1, 0.15) is 0 Å². The molecule has 3 nitrogen and oxygen atoms in total. The van der Waals surface area contributed by atoms with Crippen molar-refractivity contribution in [2.24, 2.45) is 0 Å². The molecule has 28 heavy (non-hydrogen) atoms. The van der Waals surface area contributed by atoms with Crippen LogP contribution in [0.1, 0.15) is 73.4 Å². The van der Waals surface area contributed by atoms with Crippen LogP contribution in [0.5, 0.6) is 11.5 Å². The van der Waals surface area contributed by atoms with E-state index in [2.05, 4.69) is 53.7 Å². The van der Waals surface area contributed by atoms with Crippen LogP contribution >= 0.6 is 7.94 Å². The Hall–Kier alpha value is -1.57. The van der Waals surface area contributed by atoms with Gasteiger partial charge in [0.15, 0.2) is 0 Å². The zero-order valence-corrected chi connectivity index (χ0v) is 19.9. The summed E-state index contributed by atoms with van der Waals surface area (Å²) in [5.41, 5.74) is 1.90. The van der Waals surface area contributed by atoms with E-state index in [1.165, 1.54) is 0 Å². The van der Waals surface area contributed by atoms with Crippen LogP contribution in [0, 0.1) is 0 Å². The Morgan fingerprint density at radius 1 is 0.607 bits per heavy atom. The molecular weight excluding hydrogens is 367 g/mol. The van der Waals surface area contributed by atoms with Gasteiger partial charge in [-0.05, 0) is 0 Å². The maximum atomic E-state index is 11.7. The fourth-order valence-corrected chi connectivity index (χ4v) is 4.58. The third-order valence-corrected chi connectivity index (χ3v) is 7.72. The van der Waals surface area contributed by atoms with Gasteiger partial charge in [0.2, 0.25) is 0 Å². The van der Waals surface area contributed by atoms with E-state index in [4.69, 9.17) is 9.05 Å². The molecule has 0 saturated heterocycles. The molecule has 2 aromatic carbocycles. The van der Waals surface area contributed by atoms with E-state index >= 15 is 0 Å². The van der Waals surface area contributed by atoms with Gasteiger partial charge in [0.05, 0.1) is 0 Å². The van der Waals surface area contributed by atoms with Crippen LogP contribution in [0.3, 0.4) is 0 Å². The van der Waals surface area contributed by atoms with Crippen LogP contribution in [-0.4, -0.2) is 10.0 Å². The average Bonchev–Trinajstić information content (AvgIpc) is 2.52. The Labute approximate surface area is 171 Å². The Balaban J connectivity index is 2.52. The van der Waals surface area contributed by atoms with Gasteiger partial charge in [-0.15, -0.1) is 0 Å². The molecule has 0 aliphatic carbocycles. The molecule has 0 fully saturated rings. The predicted molar refractivity (Wildman–Crippen MR) is 122 cm³/mol. The fourth-order valence-electron chi connectivity index (χ4n) is 2.98. The summed E-state index contributed by atoms with van der Waals surface area (Å²) in [5.74, 6) is 1.37. The van der Waals surface area contributed by atoms with E-state index in [1.807, 2.05) is 57.2 Å². The first-order valence-corrected chi connectivity index (χ1v) is 11.7. The van der Waals surface area contributed by atoms with Crippen LogP contribution in [0.25, 0.3) is 0 Å². The molecule has 0 unspecified atom stereocenters. The van der Waals surface area contributed by atoms with Crippen molar-refractivity contribution >= 4 is 7.94 Å². The first-order valence-electron chi connectivity index (χ1n) is 9.94. The molecule has 4 heteroatoms. The quantitative estimate of drug-likeness (QED) is 0.556. The van der Waals surface area contributed by atoms with Crippen LogP contribution in [0.4, 0.5) is 0 Å². The minimum atomic E-state index is -3.65. The molecule has 0 aliphatic heterocycles. The van der Waals surface area contributed by atoms with Crippen LogP contribution in [0.15, 0.2) is 48.5 Å². The summed E-state index contributed by atoms with van der Waals surface area (Å²) in [7, 11) is -3.65. The van der Waals surface area contributed by atoms with Gasteiger partial charge in [0.25, 0.3) is 0 Å². The van der Waals surface area contributed by atoms with E-state index in [9.17, 15) is 4.89 Å². The molecule has 0 saturated carbocycles. The van der Waals surface area contributed by atoms with Gasteiger partial charge in [-0.1, -0.05) is 0 Å². The first-order chi connectivity index (χ1) is 12.7. The first kappa shape index (κ1) is 22.7. The summed E-state index contributed by atoms with van der Waals surface area (Å²) in [6.45, 7) is 18.8. The number of benzene rings is 2. The van der Waals surface area contributed by atoms with E-state index in [0.29, 0.717) is 11.5 Å². The molecule has 0 atom stereocenters. The summed E-state index contributed by atoms with van der Waals surface area (Å²) in [6, 6.07) is 15.8. The van der Waals surface area contributed by atoms with Gasteiger partial charge in [0, 0.05) is 0 Å². The fraction of sp³-hybridized carbons (Fsp3) is 0.500. The number of hydrogen-bond acceptors (Lipinski definition) is 3. The SMILES string of the molecule is CC(C)(C)c1ccccc1O[PH](O)(Oc1ccccc1C(C)(C)C)C(C)(C)C. The van der Waals surface area contributed by atoms with Crippen molar-refractivity contribution in [2.75, 3.05) is 0 Å². The van der Waals surface area contributed by atoms with Crippen LogP contribution in [-0.2, 0) is 10.8 Å². The van der Waals surface area contributed by atoms with Gasteiger partial charge in [-0.25, -0.2) is 0 Å². The average molecular weight is 405 g/mol. The van der Waals surface area contributed by atoms with Crippen LogP contribution in [0.2, 0.25) is 0 Å². The number of hydrogen-bond donors (Lipinski definition) is 1. The molecule has 0 spiro atoms. The number of para-hydroxylation sites is 2. The topological polar surface area (TPSA) is 38.7 Å². The van der Waals surface area contributed by atoms with Crippen molar-refractivity contribution in [3.8, 4) is 11.5 Å². The molecule has 0 heterocycles. The van der Waals surface area contributed by atoms with Crippen molar-refractivity contribution < 1.29 is 13.9 Å². The van der Waals surface area contributed by atoms with Crippen molar-refractivity contribution in [3.63, 3.8) is 0 Å². The maximum absolute atomic E-state index is 11.7. The molecule has 0 radical (unpaired) electrons.